The Balaban J connectivity index is 3.65. The van der Waals surface area contributed by atoms with E-state index in [1.807, 2.05) is 0 Å². The highest BCUT2D eigenvalue weighted by molar-refractivity contribution is 5.70. The standard InChI is InChI=1S/C27H50O5/c1-3-5-7-9-11-13-14-16-18-20-22-27(30)32-25(23-28)24-31-26(29)21-19-17-15-12-10-8-6-4-2/h7,9,25,28H,3-6,8,10-24H2,1-2H3/b9-7-. The molecule has 0 aliphatic rings. The van der Waals surface area contributed by atoms with Gasteiger partial charge in [0.15, 0.2) is 6.10 Å². The highest BCUT2D eigenvalue weighted by atomic mass is 16.6. The largest absolute Gasteiger partial charge is 0.462 e. The number of ether oxygens (including phenoxy) is 2. The minimum absolute atomic E-state index is 0.0658. The fraction of sp³-hybridized carbons (Fsp3) is 0.852. The molecule has 188 valence electrons. The van der Waals surface area contributed by atoms with Crippen molar-refractivity contribution in [1.29, 1.82) is 0 Å². The quantitative estimate of drug-likeness (QED) is 0.102. The van der Waals surface area contributed by atoms with Gasteiger partial charge in [-0.15, -0.1) is 0 Å². The summed E-state index contributed by atoms with van der Waals surface area (Å²) >= 11 is 0. The van der Waals surface area contributed by atoms with Crippen molar-refractivity contribution in [2.45, 2.75) is 136 Å². The molecule has 1 N–H and O–H groups in total. The molecule has 0 fully saturated rings. The van der Waals surface area contributed by atoms with Crippen LogP contribution in [-0.4, -0.2) is 36.4 Å². The van der Waals surface area contributed by atoms with Crippen molar-refractivity contribution in [1.82, 2.24) is 0 Å². The van der Waals surface area contributed by atoms with Gasteiger partial charge in [0.2, 0.25) is 0 Å². The monoisotopic (exact) mass is 454 g/mol. The predicted octanol–water partition coefficient (Wildman–Crippen LogP) is 7.05. The van der Waals surface area contributed by atoms with Crippen LogP contribution < -0.4 is 0 Å². The van der Waals surface area contributed by atoms with Crippen LogP contribution in [0, 0.1) is 0 Å². The summed E-state index contributed by atoms with van der Waals surface area (Å²) in [4.78, 5) is 23.8. The topological polar surface area (TPSA) is 72.8 Å². The van der Waals surface area contributed by atoms with E-state index in [1.54, 1.807) is 0 Å². The average Bonchev–Trinajstić information content (AvgIpc) is 2.79. The van der Waals surface area contributed by atoms with Crippen LogP contribution in [0.5, 0.6) is 0 Å². The number of carbonyl (C=O) groups is 2. The maximum atomic E-state index is 11.9. The van der Waals surface area contributed by atoms with Gasteiger partial charge in [-0.25, -0.2) is 0 Å². The molecule has 0 bridgehead atoms. The van der Waals surface area contributed by atoms with Crippen LogP contribution >= 0.6 is 0 Å². The van der Waals surface area contributed by atoms with Gasteiger partial charge >= 0.3 is 11.9 Å². The molecule has 0 amide bonds. The maximum absolute atomic E-state index is 11.9. The van der Waals surface area contributed by atoms with E-state index in [9.17, 15) is 14.7 Å². The summed E-state index contributed by atoms with van der Waals surface area (Å²) < 4.78 is 10.4. The van der Waals surface area contributed by atoms with Crippen LogP contribution in [0.2, 0.25) is 0 Å². The Morgan fingerprint density at radius 1 is 0.688 bits per heavy atom. The van der Waals surface area contributed by atoms with Crippen LogP contribution in [0.25, 0.3) is 0 Å². The summed E-state index contributed by atoms with van der Waals surface area (Å²) in [6.45, 7) is 4.00. The fourth-order valence-corrected chi connectivity index (χ4v) is 3.49. The maximum Gasteiger partial charge on any atom is 0.306 e. The number of hydrogen-bond acceptors (Lipinski definition) is 5. The molecule has 1 unspecified atom stereocenters. The summed E-state index contributed by atoms with van der Waals surface area (Å²) in [5, 5.41) is 9.39. The van der Waals surface area contributed by atoms with Crippen molar-refractivity contribution in [2.24, 2.45) is 0 Å². The van der Waals surface area contributed by atoms with Crippen molar-refractivity contribution >= 4 is 11.9 Å². The van der Waals surface area contributed by atoms with E-state index in [1.165, 1.54) is 51.4 Å². The lowest BCUT2D eigenvalue weighted by Gasteiger charge is -2.15. The van der Waals surface area contributed by atoms with Crippen LogP contribution in [0.15, 0.2) is 12.2 Å². The molecule has 0 heterocycles. The third-order valence-electron chi connectivity index (χ3n) is 5.54. The normalized spacial score (nSPS) is 12.2. The van der Waals surface area contributed by atoms with E-state index in [4.69, 9.17) is 9.47 Å². The molecule has 32 heavy (non-hydrogen) atoms. The van der Waals surface area contributed by atoms with Gasteiger partial charge in [-0.3, -0.25) is 9.59 Å². The number of hydrogen-bond donors (Lipinski definition) is 1. The van der Waals surface area contributed by atoms with Crippen molar-refractivity contribution in [3.8, 4) is 0 Å². The zero-order chi connectivity index (χ0) is 23.7. The molecular formula is C27H50O5. The number of aliphatic hydroxyl groups excluding tert-OH is 1. The third kappa shape index (κ3) is 21.9. The van der Waals surface area contributed by atoms with Crippen LogP contribution in [0.1, 0.15) is 129 Å². The summed E-state index contributed by atoms with van der Waals surface area (Å²) in [6, 6.07) is 0. The van der Waals surface area contributed by atoms with Gasteiger partial charge in [-0.05, 0) is 32.1 Å². The second-order valence-electron chi connectivity index (χ2n) is 8.77. The summed E-state index contributed by atoms with van der Waals surface area (Å²) in [7, 11) is 0. The lowest BCUT2D eigenvalue weighted by atomic mass is 10.1. The highest BCUT2D eigenvalue weighted by Gasteiger charge is 2.16. The molecule has 0 aliphatic carbocycles. The molecule has 1 atom stereocenters. The second kappa shape index (κ2) is 24.3. The van der Waals surface area contributed by atoms with Crippen LogP contribution in [0.3, 0.4) is 0 Å². The first-order chi connectivity index (χ1) is 15.6. The Labute approximate surface area is 197 Å². The van der Waals surface area contributed by atoms with Gasteiger partial charge in [-0.2, -0.15) is 0 Å². The van der Waals surface area contributed by atoms with Gasteiger partial charge in [0.25, 0.3) is 0 Å². The third-order valence-corrected chi connectivity index (χ3v) is 5.54. The van der Waals surface area contributed by atoms with Crippen LogP contribution in [-0.2, 0) is 19.1 Å². The summed E-state index contributed by atoms with van der Waals surface area (Å²) in [5.41, 5.74) is 0. The highest BCUT2D eigenvalue weighted by Crippen LogP contribution is 2.11. The number of carbonyl (C=O) groups excluding carboxylic acids is 2. The van der Waals surface area contributed by atoms with Gasteiger partial charge in [0, 0.05) is 12.8 Å². The van der Waals surface area contributed by atoms with E-state index in [-0.39, 0.29) is 25.2 Å². The van der Waals surface area contributed by atoms with Crippen molar-refractivity contribution in [3.63, 3.8) is 0 Å². The molecule has 5 heteroatoms. The smallest absolute Gasteiger partial charge is 0.306 e. The summed E-state index contributed by atoms with van der Waals surface area (Å²) in [5.74, 6) is -0.610. The first-order valence-electron chi connectivity index (χ1n) is 13.2. The first kappa shape index (κ1) is 30.6. The van der Waals surface area contributed by atoms with E-state index in [0.29, 0.717) is 12.8 Å². The number of unbranched alkanes of at least 4 members (excludes halogenated alkanes) is 13. The molecule has 0 saturated carbocycles. The van der Waals surface area contributed by atoms with E-state index in [2.05, 4.69) is 26.0 Å². The number of aliphatic hydroxyl groups is 1. The Kier molecular flexibility index (Phi) is 23.3. The SMILES string of the molecule is CCC/C=C\CCCCCCCC(=O)OC(CO)COC(=O)CCCCCCCCCC. The van der Waals surface area contributed by atoms with Gasteiger partial charge < -0.3 is 14.6 Å². The Bertz CT molecular complexity index is 461. The molecular weight excluding hydrogens is 404 g/mol. The first-order valence-corrected chi connectivity index (χ1v) is 13.2. The lowest BCUT2D eigenvalue weighted by molar-refractivity contribution is -0.161. The molecule has 0 aliphatic heterocycles. The zero-order valence-corrected chi connectivity index (χ0v) is 21.0. The van der Waals surface area contributed by atoms with Gasteiger partial charge in [0.05, 0.1) is 6.61 Å². The van der Waals surface area contributed by atoms with Crippen molar-refractivity contribution in [2.75, 3.05) is 13.2 Å². The van der Waals surface area contributed by atoms with Crippen molar-refractivity contribution < 1.29 is 24.2 Å². The molecule has 0 aromatic rings. The Hall–Kier alpha value is -1.36. The van der Waals surface area contributed by atoms with Gasteiger partial charge in [-0.1, -0.05) is 96.6 Å². The molecule has 5 nitrogen and oxygen atoms in total. The molecule has 0 saturated heterocycles. The molecule has 0 aromatic heterocycles. The second-order valence-corrected chi connectivity index (χ2v) is 8.77. The number of rotatable bonds is 23. The van der Waals surface area contributed by atoms with E-state index >= 15 is 0 Å². The van der Waals surface area contributed by atoms with Crippen LogP contribution in [0.4, 0.5) is 0 Å². The molecule has 0 rings (SSSR count). The fourth-order valence-electron chi connectivity index (χ4n) is 3.49. The minimum Gasteiger partial charge on any atom is -0.462 e. The van der Waals surface area contributed by atoms with Crippen molar-refractivity contribution in [3.05, 3.63) is 12.2 Å². The molecule has 0 radical (unpaired) electrons. The summed E-state index contributed by atoms with van der Waals surface area (Å²) in [6.07, 6.45) is 22.7. The minimum atomic E-state index is -0.764. The Morgan fingerprint density at radius 2 is 1.22 bits per heavy atom. The molecule has 0 aromatic carbocycles. The lowest BCUT2D eigenvalue weighted by Crippen LogP contribution is -2.28. The van der Waals surface area contributed by atoms with Gasteiger partial charge in [0.1, 0.15) is 6.61 Å². The number of allylic oxidation sites excluding steroid dienone is 2. The number of esters is 2. The average molecular weight is 455 g/mol. The Morgan fingerprint density at radius 3 is 1.81 bits per heavy atom. The molecule has 0 spiro atoms. The van der Waals surface area contributed by atoms with E-state index in [0.717, 1.165) is 51.4 Å². The van der Waals surface area contributed by atoms with E-state index < -0.39 is 6.10 Å². The predicted molar refractivity (Wildman–Crippen MR) is 132 cm³/mol. The zero-order valence-electron chi connectivity index (χ0n) is 21.0.